The number of fused-ring (bicyclic) bond motifs is 1. The molecule has 0 aromatic carbocycles. The zero-order chi connectivity index (χ0) is 16.5. The van der Waals surface area contributed by atoms with Crippen LogP contribution in [0.2, 0.25) is 0 Å². The number of aliphatic hydroxyl groups excluding tert-OH is 1. The summed E-state index contributed by atoms with van der Waals surface area (Å²) in [6, 6.07) is 5.91. The smallest absolute Gasteiger partial charge is 0.173 e. The van der Waals surface area contributed by atoms with Gasteiger partial charge in [0.25, 0.3) is 0 Å². The number of hydrogen-bond acceptors (Lipinski definition) is 6. The molecule has 8 heteroatoms. The standard InChI is InChI=1S/C16H17BrN6O/c17-13-9-19-23-15(20-11-3-1-5-18-8-11)7-14(21-16(13)23)22-6-2-4-12(22)10-24/h1,3,5,7-9,12,20,24H,2,4,6,10H2. The van der Waals surface area contributed by atoms with E-state index in [0.29, 0.717) is 0 Å². The van der Waals surface area contributed by atoms with E-state index in [1.165, 1.54) is 0 Å². The van der Waals surface area contributed by atoms with Gasteiger partial charge in [0.1, 0.15) is 11.6 Å². The number of rotatable bonds is 4. The fourth-order valence-corrected chi connectivity index (χ4v) is 3.42. The summed E-state index contributed by atoms with van der Waals surface area (Å²) in [5.41, 5.74) is 1.62. The van der Waals surface area contributed by atoms with Crippen molar-refractivity contribution in [3.63, 3.8) is 0 Å². The predicted molar refractivity (Wildman–Crippen MR) is 95.7 cm³/mol. The van der Waals surface area contributed by atoms with Crippen LogP contribution in [0.3, 0.4) is 0 Å². The molecule has 7 nitrogen and oxygen atoms in total. The molecule has 1 aliphatic rings. The number of nitrogens with zero attached hydrogens (tertiary/aromatic N) is 5. The summed E-state index contributed by atoms with van der Waals surface area (Å²) in [7, 11) is 0. The molecule has 4 rings (SSSR count). The lowest BCUT2D eigenvalue weighted by Gasteiger charge is -2.25. The van der Waals surface area contributed by atoms with E-state index < -0.39 is 0 Å². The Bertz CT molecular complexity index is 852. The van der Waals surface area contributed by atoms with E-state index in [1.807, 2.05) is 18.2 Å². The number of aromatic nitrogens is 4. The molecule has 124 valence electrons. The Kier molecular flexibility index (Phi) is 4.07. The molecule has 1 unspecified atom stereocenters. The maximum Gasteiger partial charge on any atom is 0.173 e. The van der Waals surface area contributed by atoms with Crippen LogP contribution in [-0.4, -0.2) is 43.9 Å². The molecule has 1 aliphatic heterocycles. The van der Waals surface area contributed by atoms with Crippen molar-refractivity contribution in [1.29, 1.82) is 0 Å². The highest BCUT2D eigenvalue weighted by molar-refractivity contribution is 9.10. The molecule has 0 aliphatic carbocycles. The summed E-state index contributed by atoms with van der Waals surface area (Å²) in [5.74, 6) is 1.64. The lowest BCUT2D eigenvalue weighted by Crippen LogP contribution is -2.32. The first-order valence-electron chi connectivity index (χ1n) is 7.85. The zero-order valence-electron chi connectivity index (χ0n) is 12.9. The molecule has 0 radical (unpaired) electrons. The zero-order valence-corrected chi connectivity index (χ0v) is 14.5. The number of aliphatic hydroxyl groups is 1. The van der Waals surface area contributed by atoms with Gasteiger partial charge in [-0.25, -0.2) is 4.98 Å². The Morgan fingerprint density at radius 3 is 3.08 bits per heavy atom. The lowest BCUT2D eigenvalue weighted by atomic mass is 10.2. The molecule has 1 fully saturated rings. The van der Waals surface area contributed by atoms with E-state index in [4.69, 9.17) is 4.98 Å². The van der Waals surface area contributed by atoms with Crippen molar-refractivity contribution in [3.8, 4) is 0 Å². The molecular formula is C16H17BrN6O. The first-order chi connectivity index (χ1) is 11.8. The highest BCUT2D eigenvalue weighted by Gasteiger charge is 2.26. The molecule has 0 saturated carbocycles. The van der Waals surface area contributed by atoms with Gasteiger partial charge in [0, 0.05) is 18.8 Å². The highest BCUT2D eigenvalue weighted by Crippen LogP contribution is 2.30. The average Bonchev–Trinajstić information content (AvgIpc) is 3.23. The first-order valence-corrected chi connectivity index (χ1v) is 8.64. The van der Waals surface area contributed by atoms with Crippen molar-refractivity contribution in [2.24, 2.45) is 0 Å². The van der Waals surface area contributed by atoms with E-state index >= 15 is 0 Å². The van der Waals surface area contributed by atoms with Gasteiger partial charge in [0.05, 0.1) is 35.2 Å². The normalized spacial score (nSPS) is 17.6. The second-order valence-electron chi connectivity index (χ2n) is 5.77. The van der Waals surface area contributed by atoms with Crippen molar-refractivity contribution in [3.05, 3.63) is 41.3 Å². The minimum atomic E-state index is 0.118. The maximum atomic E-state index is 9.61. The van der Waals surface area contributed by atoms with Crippen LogP contribution in [0.25, 0.3) is 5.65 Å². The molecule has 3 aromatic rings. The number of pyridine rings is 1. The Labute approximate surface area is 147 Å². The van der Waals surface area contributed by atoms with Crippen LogP contribution in [0.5, 0.6) is 0 Å². The number of anilines is 3. The van der Waals surface area contributed by atoms with Gasteiger partial charge in [-0.3, -0.25) is 4.98 Å². The summed E-state index contributed by atoms with van der Waals surface area (Å²) in [6.45, 7) is 1.03. The lowest BCUT2D eigenvalue weighted by molar-refractivity contribution is 0.266. The van der Waals surface area contributed by atoms with Gasteiger partial charge in [-0.15, -0.1) is 0 Å². The van der Waals surface area contributed by atoms with Gasteiger partial charge < -0.3 is 15.3 Å². The molecule has 0 bridgehead atoms. The SMILES string of the molecule is OCC1CCCN1c1cc(Nc2cccnc2)n2ncc(Br)c2n1. The molecule has 24 heavy (non-hydrogen) atoms. The Hall–Kier alpha value is -2.19. The second kappa shape index (κ2) is 6.37. The van der Waals surface area contributed by atoms with Gasteiger partial charge in [-0.05, 0) is 40.9 Å². The molecule has 0 amide bonds. The van der Waals surface area contributed by atoms with Gasteiger partial charge in [0.15, 0.2) is 5.65 Å². The summed E-state index contributed by atoms with van der Waals surface area (Å²) < 4.78 is 2.59. The van der Waals surface area contributed by atoms with E-state index in [0.717, 1.165) is 46.8 Å². The summed E-state index contributed by atoms with van der Waals surface area (Å²) in [4.78, 5) is 11.0. The third-order valence-electron chi connectivity index (χ3n) is 4.23. The average molecular weight is 389 g/mol. The molecule has 1 saturated heterocycles. The molecule has 0 spiro atoms. The van der Waals surface area contributed by atoms with Gasteiger partial charge in [0.2, 0.25) is 0 Å². The topological polar surface area (TPSA) is 78.6 Å². The van der Waals surface area contributed by atoms with Crippen LogP contribution in [0.1, 0.15) is 12.8 Å². The van der Waals surface area contributed by atoms with Crippen LogP contribution >= 0.6 is 15.9 Å². The summed E-state index contributed by atoms with van der Waals surface area (Å²) in [5, 5.41) is 17.3. The molecule has 1 atom stereocenters. The fraction of sp³-hybridized carbons (Fsp3) is 0.312. The molecule has 3 aromatic heterocycles. The van der Waals surface area contributed by atoms with Gasteiger partial charge in [-0.2, -0.15) is 9.61 Å². The minimum absolute atomic E-state index is 0.118. The first kappa shape index (κ1) is 15.3. The Morgan fingerprint density at radius 2 is 2.29 bits per heavy atom. The highest BCUT2D eigenvalue weighted by atomic mass is 79.9. The Balaban J connectivity index is 1.80. The van der Waals surface area contributed by atoms with Crippen LogP contribution in [0.4, 0.5) is 17.3 Å². The third-order valence-corrected chi connectivity index (χ3v) is 4.79. The third kappa shape index (κ3) is 2.71. The van der Waals surface area contributed by atoms with Crippen LogP contribution in [0.15, 0.2) is 41.3 Å². The quantitative estimate of drug-likeness (QED) is 0.714. The number of halogens is 1. The van der Waals surface area contributed by atoms with Crippen molar-refractivity contribution in [2.45, 2.75) is 18.9 Å². The molecular weight excluding hydrogens is 372 g/mol. The molecule has 4 heterocycles. The van der Waals surface area contributed by atoms with Crippen LogP contribution in [-0.2, 0) is 0 Å². The largest absolute Gasteiger partial charge is 0.394 e. The maximum absolute atomic E-state index is 9.61. The van der Waals surface area contributed by atoms with E-state index in [2.05, 4.69) is 36.2 Å². The minimum Gasteiger partial charge on any atom is -0.394 e. The number of hydrogen-bond donors (Lipinski definition) is 2. The van der Waals surface area contributed by atoms with Crippen molar-refractivity contribution < 1.29 is 5.11 Å². The molecule has 2 N–H and O–H groups in total. The van der Waals surface area contributed by atoms with Crippen molar-refractivity contribution in [1.82, 2.24) is 19.6 Å². The van der Waals surface area contributed by atoms with Crippen molar-refractivity contribution >= 4 is 38.9 Å². The predicted octanol–water partition coefficient (Wildman–Crippen LogP) is 2.59. The number of nitrogens with one attached hydrogen (secondary N) is 1. The summed E-state index contributed by atoms with van der Waals surface area (Å²) in [6.07, 6.45) is 7.27. The van der Waals surface area contributed by atoms with E-state index in [9.17, 15) is 5.11 Å². The van der Waals surface area contributed by atoms with E-state index in [-0.39, 0.29) is 12.6 Å². The van der Waals surface area contributed by atoms with E-state index in [1.54, 1.807) is 23.1 Å². The van der Waals surface area contributed by atoms with Gasteiger partial charge in [-0.1, -0.05) is 0 Å². The van der Waals surface area contributed by atoms with Crippen LogP contribution in [0, 0.1) is 0 Å². The van der Waals surface area contributed by atoms with Crippen molar-refractivity contribution in [2.75, 3.05) is 23.4 Å². The van der Waals surface area contributed by atoms with Crippen LogP contribution < -0.4 is 10.2 Å². The second-order valence-corrected chi connectivity index (χ2v) is 6.62. The van der Waals surface area contributed by atoms with Gasteiger partial charge >= 0.3 is 0 Å². The fourth-order valence-electron chi connectivity index (χ4n) is 3.07. The Morgan fingerprint density at radius 1 is 1.38 bits per heavy atom. The summed E-state index contributed by atoms with van der Waals surface area (Å²) >= 11 is 3.51. The monoisotopic (exact) mass is 388 g/mol.